The zero-order valence-electron chi connectivity index (χ0n) is 20.3. The van der Waals surface area contributed by atoms with Crippen LogP contribution in [0.25, 0.3) is 10.3 Å². The van der Waals surface area contributed by atoms with Crippen molar-refractivity contribution < 1.29 is 27.9 Å². The maximum absolute atomic E-state index is 13.2. The second-order valence-corrected chi connectivity index (χ2v) is 12.4. The number of fused-ring (bicyclic) bond motifs is 1. The summed E-state index contributed by atoms with van der Waals surface area (Å²) >= 11 is 1.19. The number of amides is 1. The zero-order chi connectivity index (χ0) is 26.2. The number of hydrogen-bond donors (Lipinski definition) is 2. The summed E-state index contributed by atoms with van der Waals surface area (Å²) in [5.41, 5.74) is 0.885. The maximum Gasteiger partial charge on any atom is 0.280 e. The van der Waals surface area contributed by atoms with Gasteiger partial charge >= 0.3 is 0 Å². The number of aromatic nitrogens is 2. The predicted molar refractivity (Wildman–Crippen MR) is 139 cm³/mol. The summed E-state index contributed by atoms with van der Waals surface area (Å²) < 4.78 is 30.9. The molecule has 0 bridgehead atoms. The molecule has 0 spiro atoms. The van der Waals surface area contributed by atoms with Crippen molar-refractivity contribution in [3.63, 3.8) is 0 Å². The fraction of sp³-hybridized carbons (Fsp3) is 0.417. The Morgan fingerprint density at radius 3 is 2.59 bits per heavy atom. The fourth-order valence-electron chi connectivity index (χ4n) is 3.74. The SMILES string of the molecule is C[C@H](CO)ON=C(C(=O)Nc1nc2ccc(OC3CN(C)C3)nc2s1)c1ccc(S(=O)(=O)C2CC2)cc1. The molecular weight excluding hydrogens is 518 g/mol. The Labute approximate surface area is 218 Å². The Morgan fingerprint density at radius 1 is 1.22 bits per heavy atom. The van der Waals surface area contributed by atoms with Crippen LogP contribution in [0.4, 0.5) is 5.13 Å². The molecule has 3 aromatic rings. The number of benzene rings is 1. The summed E-state index contributed by atoms with van der Waals surface area (Å²) in [4.78, 5) is 30.3. The molecule has 2 N–H and O–H groups in total. The second kappa shape index (κ2) is 10.3. The van der Waals surface area contributed by atoms with Crippen molar-refractivity contribution in [1.82, 2.24) is 14.9 Å². The number of carbonyl (C=O) groups is 1. The molecule has 0 unspecified atom stereocenters. The third-order valence-corrected chi connectivity index (χ3v) is 9.14. The third kappa shape index (κ3) is 5.74. The van der Waals surface area contributed by atoms with Gasteiger partial charge in [-0.3, -0.25) is 15.0 Å². The van der Waals surface area contributed by atoms with Crippen molar-refractivity contribution >= 4 is 48.3 Å². The lowest BCUT2D eigenvalue weighted by Crippen LogP contribution is -2.51. The van der Waals surface area contributed by atoms with Gasteiger partial charge in [-0.25, -0.2) is 18.4 Å². The summed E-state index contributed by atoms with van der Waals surface area (Å²) in [5, 5.41) is 15.9. The first-order valence-electron chi connectivity index (χ1n) is 11.9. The number of thiazole rings is 1. The molecule has 1 aromatic carbocycles. The number of aliphatic hydroxyl groups excluding tert-OH is 1. The van der Waals surface area contributed by atoms with Crippen LogP contribution in [0.5, 0.6) is 5.88 Å². The van der Waals surface area contributed by atoms with Crippen LogP contribution in [0, 0.1) is 0 Å². The molecule has 1 saturated carbocycles. The van der Waals surface area contributed by atoms with Gasteiger partial charge < -0.3 is 14.7 Å². The lowest BCUT2D eigenvalue weighted by atomic mass is 10.1. The number of anilines is 1. The van der Waals surface area contributed by atoms with Crippen LogP contribution >= 0.6 is 11.3 Å². The van der Waals surface area contributed by atoms with E-state index in [1.54, 1.807) is 19.1 Å². The molecule has 1 atom stereocenters. The summed E-state index contributed by atoms with van der Waals surface area (Å²) in [7, 11) is -1.35. The lowest BCUT2D eigenvalue weighted by molar-refractivity contribution is -0.110. The predicted octanol–water partition coefficient (Wildman–Crippen LogP) is 2.06. The number of likely N-dealkylation sites (N-methyl/N-ethyl adjacent to an activating group) is 1. The van der Waals surface area contributed by atoms with Gasteiger partial charge in [-0.15, -0.1) is 0 Å². The number of ether oxygens (including phenoxy) is 1. The van der Waals surface area contributed by atoms with Crippen LogP contribution in [0.3, 0.4) is 0 Å². The van der Waals surface area contributed by atoms with E-state index in [0.717, 1.165) is 13.1 Å². The maximum atomic E-state index is 13.2. The second-order valence-electron chi connectivity index (χ2n) is 9.22. The lowest BCUT2D eigenvalue weighted by Gasteiger charge is -2.35. The number of carbonyl (C=O) groups excluding carboxylic acids is 1. The first-order valence-corrected chi connectivity index (χ1v) is 14.2. The number of rotatable bonds is 10. The summed E-state index contributed by atoms with van der Waals surface area (Å²) in [6, 6.07) is 9.49. The van der Waals surface area contributed by atoms with Crippen molar-refractivity contribution in [2.75, 3.05) is 32.1 Å². The number of nitrogens with one attached hydrogen (secondary N) is 1. The standard InChI is InChI=1S/C24H27N5O6S2/c1-14(13-30)35-28-21(15-3-5-17(6-4-15)37(32,33)18-7-8-18)22(31)27-24-25-19-9-10-20(26-23(19)36-24)34-16-11-29(2)12-16/h3-6,9-10,14,16,18,30H,7-8,11-13H2,1-2H3,(H,25,27,31)/t14-/m1/s1. The van der Waals surface area contributed by atoms with Crippen LogP contribution < -0.4 is 10.1 Å². The Bertz CT molecular complexity index is 1430. The van der Waals surface area contributed by atoms with E-state index in [-0.39, 0.29) is 28.6 Å². The number of pyridine rings is 1. The first kappa shape index (κ1) is 25.5. The fourth-order valence-corrected chi connectivity index (χ4v) is 6.22. The van der Waals surface area contributed by atoms with E-state index in [2.05, 4.69) is 25.3 Å². The highest BCUT2D eigenvalue weighted by atomic mass is 32.2. The Kier molecular flexibility index (Phi) is 7.12. The van der Waals surface area contributed by atoms with Crippen molar-refractivity contribution in [2.45, 2.75) is 42.1 Å². The highest BCUT2D eigenvalue weighted by molar-refractivity contribution is 7.92. The van der Waals surface area contributed by atoms with E-state index in [4.69, 9.17) is 9.57 Å². The smallest absolute Gasteiger partial charge is 0.280 e. The molecule has 3 heterocycles. The normalized spacial score (nSPS) is 17.9. The average Bonchev–Trinajstić information content (AvgIpc) is 3.65. The molecular formula is C24H27N5O6S2. The van der Waals surface area contributed by atoms with E-state index >= 15 is 0 Å². The highest BCUT2D eigenvalue weighted by Gasteiger charge is 2.36. The Morgan fingerprint density at radius 2 is 1.95 bits per heavy atom. The van der Waals surface area contributed by atoms with E-state index in [1.165, 1.54) is 35.6 Å². The summed E-state index contributed by atoms with van der Waals surface area (Å²) in [6.07, 6.45) is 0.786. The van der Waals surface area contributed by atoms with Gasteiger partial charge in [0.05, 0.1) is 16.8 Å². The largest absolute Gasteiger partial charge is 0.472 e. The number of likely N-dealkylation sites (tertiary alicyclic amines) is 1. The Hall–Kier alpha value is -3.13. The van der Waals surface area contributed by atoms with Gasteiger partial charge in [-0.2, -0.15) is 0 Å². The molecule has 1 aliphatic heterocycles. The molecule has 1 saturated heterocycles. The minimum atomic E-state index is -3.37. The van der Waals surface area contributed by atoms with Crippen molar-refractivity contribution in [1.29, 1.82) is 0 Å². The molecule has 11 nitrogen and oxygen atoms in total. The monoisotopic (exact) mass is 545 g/mol. The van der Waals surface area contributed by atoms with E-state index < -0.39 is 21.8 Å². The van der Waals surface area contributed by atoms with Gasteiger partial charge in [0, 0.05) is 24.7 Å². The van der Waals surface area contributed by atoms with E-state index in [1.807, 2.05) is 7.05 Å². The summed E-state index contributed by atoms with van der Waals surface area (Å²) in [6.45, 7) is 3.00. The van der Waals surface area contributed by atoms with Crippen LogP contribution in [0.15, 0.2) is 46.4 Å². The molecule has 0 radical (unpaired) electrons. The van der Waals surface area contributed by atoms with Gasteiger partial charge in [0.1, 0.15) is 22.6 Å². The van der Waals surface area contributed by atoms with Gasteiger partial charge in [0.15, 0.2) is 20.7 Å². The third-order valence-electron chi connectivity index (χ3n) is 5.98. The van der Waals surface area contributed by atoms with Crippen LogP contribution in [0.1, 0.15) is 25.3 Å². The molecule has 37 heavy (non-hydrogen) atoms. The minimum Gasteiger partial charge on any atom is -0.472 e. The average molecular weight is 546 g/mol. The molecule has 2 fully saturated rings. The van der Waals surface area contributed by atoms with Gasteiger partial charge in [0.2, 0.25) is 5.88 Å². The minimum absolute atomic E-state index is 0.0824. The zero-order valence-corrected chi connectivity index (χ0v) is 22.0. The van der Waals surface area contributed by atoms with Gasteiger partial charge in [-0.05, 0) is 45.0 Å². The topological polar surface area (TPSA) is 143 Å². The van der Waals surface area contributed by atoms with Crippen LogP contribution in [-0.2, 0) is 19.5 Å². The van der Waals surface area contributed by atoms with Gasteiger partial charge in [0.25, 0.3) is 5.91 Å². The molecule has 2 aliphatic rings. The number of sulfone groups is 1. The first-order chi connectivity index (χ1) is 17.7. The number of oxime groups is 1. The molecule has 13 heteroatoms. The molecule has 196 valence electrons. The van der Waals surface area contributed by atoms with Crippen molar-refractivity contribution in [3.8, 4) is 5.88 Å². The molecule has 1 amide bonds. The number of hydrogen-bond acceptors (Lipinski definition) is 11. The van der Waals surface area contributed by atoms with E-state index in [9.17, 15) is 18.3 Å². The summed E-state index contributed by atoms with van der Waals surface area (Å²) in [5.74, 6) is -0.0991. The van der Waals surface area contributed by atoms with Crippen molar-refractivity contribution in [2.24, 2.45) is 5.16 Å². The highest BCUT2D eigenvalue weighted by Crippen LogP contribution is 2.33. The van der Waals surface area contributed by atoms with Crippen molar-refractivity contribution in [3.05, 3.63) is 42.0 Å². The molecule has 1 aliphatic carbocycles. The van der Waals surface area contributed by atoms with E-state index in [0.29, 0.717) is 39.8 Å². The number of nitrogens with zero attached hydrogens (tertiary/aromatic N) is 4. The molecule has 5 rings (SSSR count). The van der Waals surface area contributed by atoms with Crippen LogP contribution in [0.2, 0.25) is 0 Å². The van der Waals surface area contributed by atoms with Crippen LogP contribution in [-0.4, -0.2) is 84.2 Å². The van der Waals surface area contributed by atoms with Gasteiger partial charge in [-0.1, -0.05) is 28.6 Å². The Balaban J connectivity index is 1.35. The number of aliphatic hydroxyl groups is 1. The molecule has 2 aromatic heterocycles. The quantitative estimate of drug-likeness (QED) is 0.289.